The minimum Gasteiger partial charge on any atom is -0.461 e. The highest BCUT2D eigenvalue weighted by Gasteiger charge is 2.20. The van der Waals surface area contributed by atoms with Gasteiger partial charge in [-0.2, -0.15) is 0 Å². The van der Waals surface area contributed by atoms with Crippen molar-refractivity contribution in [3.8, 4) is 0 Å². The number of carbonyl (C=O) groups is 1. The molecule has 0 amide bonds. The largest absolute Gasteiger partial charge is 0.461 e. The minimum atomic E-state index is -0.454. The van der Waals surface area contributed by atoms with Gasteiger partial charge in [-0.1, -0.05) is 23.9 Å². The van der Waals surface area contributed by atoms with E-state index in [9.17, 15) is 4.79 Å². The lowest BCUT2D eigenvalue weighted by atomic mass is 10.3. The van der Waals surface area contributed by atoms with Gasteiger partial charge in [-0.15, -0.1) is 12.4 Å². The van der Waals surface area contributed by atoms with Gasteiger partial charge >= 0.3 is 5.97 Å². The van der Waals surface area contributed by atoms with Crippen LogP contribution in [0, 0.1) is 0 Å². The molecule has 0 fully saturated rings. The summed E-state index contributed by atoms with van der Waals surface area (Å²) in [7, 11) is 3.65. The van der Waals surface area contributed by atoms with Crippen molar-refractivity contribution in [2.24, 2.45) is 0 Å². The highest BCUT2D eigenvalue weighted by atomic mass is 35.5. The maximum Gasteiger partial charge on any atom is 0.359 e. The van der Waals surface area contributed by atoms with Gasteiger partial charge in [-0.25, -0.2) is 14.8 Å². The summed E-state index contributed by atoms with van der Waals surface area (Å²) in [6.45, 7) is 2.07. The molecule has 8 heteroatoms. The smallest absolute Gasteiger partial charge is 0.359 e. The van der Waals surface area contributed by atoms with Crippen molar-refractivity contribution in [2.45, 2.75) is 17.4 Å². The molecule has 0 aliphatic rings. The summed E-state index contributed by atoms with van der Waals surface area (Å²) < 4.78 is 5.07. The molecular formula is C14H19ClN4O2S. The Hall–Kier alpha value is -1.41. The fourth-order valence-corrected chi connectivity index (χ4v) is 2.62. The minimum absolute atomic E-state index is 0. The van der Waals surface area contributed by atoms with Gasteiger partial charge < -0.3 is 4.74 Å². The normalized spacial score (nSPS) is 10.5. The van der Waals surface area contributed by atoms with E-state index >= 15 is 0 Å². The first kappa shape index (κ1) is 18.6. The highest BCUT2D eigenvalue weighted by molar-refractivity contribution is 7.99. The number of ether oxygens (including phenoxy) is 1. The molecule has 1 aromatic carbocycles. The molecule has 0 radical (unpaired) electrons. The number of aromatic nitrogens is 2. The first-order valence-corrected chi connectivity index (χ1v) is 7.52. The fourth-order valence-electron chi connectivity index (χ4n) is 1.77. The Morgan fingerprint density at radius 1 is 1.23 bits per heavy atom. The molecule has 2 N–H and O–H groups in total. The van der Waals surface area contributed by atoms with E-state index in [2.05, 4.69) is 20.6 Å². The monoisotopic (exact) mass is 342 g/mol. The van der Waals surface area contributed by atoms with Crippen molar-refractivity contribution in [1.29, 1.82) is 0 Å². The number of esters is 1. The number of hydrogen-bond acceptors (Lipinski definition) is 7. The van der Waals surface area contributed by atoms with E-state index < -0.39 is 5.97 Å². The van der Waals surface area contributed by atoms with Gasteiger partial charge in [0.05, 0.1) is 17.6 Å². The SMILES string of the molecule is CCOC(=O)c1nc2ccccc2nc1SC(NC)NC.Cl. The molecule has 0 saturated carbocycles. The van der Waals surface area contributed by atoms with E-state index in [4.69, 9.17) is 4.74 Å². The van der Waals surface area contributed by atoms with Gasteiger partial charge in [-0.3, -0.25) is 10.6 Å². The molecule has 6 nitrogen and oxygen atoms in total. The Morgan fingerprint density at radius 3 is 2.36 bits per heavy atom. The van der Waals surface area contributed by atoms with Crippen LogP contribution in [0.2, 0.25) is 0 Å². The zero-order valence-corrected chi connectivity index (χ0v) is 14.3. The zero-order chi connectivity index (χ0) is 15.2. The Morgan fingerprint density at radius 2 is 1.82 bits per heavy atom. The predicted octanol–water partition coefficient (Wildman–Crippen LogP) is 2.04. The van der Waals surface area contributed by atoms with Crippen LogP contribution in [0.25, 0.3) is 11.0 Å². The van der Waals surface area contributed by atoms with Gasteiger partial charge in [0.1, 0.15) is 10.5 Å². The molecule has 0 unspecified atom stereocenters. The molecular weight excluding hydrogens is 324 g/mol. The summed E-state index contributed by atoms with van der Waals surface area (Å²) in [5.74, 6) is -0.454. The summed E-state index contributed by atoms with van der Waals surface area (Å²) >= 11 is 1.39. The maximum atomic E-state index is 12.1. The first-order chi connectivity index (χ1) is 10.2. The number of halogens is 1. The van der Waals surface area contributed by atoms with Crippen molar-refractivity contribution < 1.29 is 9.53 Å². The third-order valence-corrected chi connectivity index (χ3v) is 3.98. The summed E-state index contributed by atoms with van der Waals surface area (Å²) in [4.78, 5) is 21.0. The number of para-hydroxylation sites is 2. The highest BCUT2D eigenvalue weighted by Crippen LogP contribution is 2.24. The van der Waals surface area contributed by atoms with E-state index in [1.165, 1.54) is 11.8 Å². The third-order valence-electron chi connectivity index (χ3n) is 2.76. The van der Waals surface area contributed by atoms with Gasteiger partial charge in [-0.05, 0) is 33.2 Å². The third kappa shape index (κ3) is 4.30. The molecule has 1 heterocycles. The Labute approximate surface area is 139 Å². The van der Waals surface area contributed by atoms with E-state index in [1.807, 2.05) is 38.4 Å². The van der Waals surface area contributed by atoms with Crippen molar-refractivity contribution in [3.05, 3.63) is 30.0 Å². The Balaban J connectivity index is 0.00000242. The number of benzene rings is 1. The first-order valence-electron chi connectivity index (χ1n) is 6.64. The quantitative estimate of drug-likeness (QED) is 0.472. The number of nitrogens with zero attached hydrogens (tertiary/aromatic N) is 2. The molecule has 0 aliphatic heterocycles. The second kappa shape index (κ2) is 8.89. The average Bonchev–Trinajstić information content (AvgIpc) is 2.52. The molecule has 22 heavy (non-hydrogen) atoms. The summed E-state index contributed by atoms with van der Waals surface area (Å²) in [5, 5.41) is 6.70. The Bertz CT molecular complexity index is 637. The lowest BCUT2D eigenvalue weighted by Crippen LogP contribution is -2.34. The summed E-state index contributed by atoms with van der Waals surface area (Å²) in [5.41, 5.74) is 1.60. The molecule has 0 atom stereocenters. The number of thioether (sulfide) groups is 1. The van der Waals surface area contributed by atoms with Crippen LogP contribution in [0.15, 0.2) is 29.3 Å². The van der Waals surface area contributed by atoms with Gasteiger partial charge in [0, 0.05) is 0 Å². The van der Waals surface area contributed by atoms with Crippen LogP contribution in [0.1, 0.15) is 17.4 Å². The van der Waals surface area contributed by atoms with E-state index in [1.54, 1.807) is 6.92 Å². The second-order valence-corrected chi connectivity index (χ2v) is 5.26. The molecule has 0 spiro atoms. The lowest BCUT2D eigenvalue weighted by molar-refractivity contribution is 0.0514. The molecule has 0 saturated heterocycles. The van der Waals surface area contributed by atoms with Crippen LogP contribution >= 0.6 is 24.2 Å². The van der Waals surface area contributed by atoms with Crippen molar-refractivity contribution in [2.75, 3.05) is 20.7 Å². The van der Waals surface area contributed by atoms with Crippen LogP contribution in [0.5, 0.6) is 0 Å². The Kier molecular flexibility index (Phi) is 7.53. The number of nitrogens with one attached hydrogen (secondary N) is 2. The number of fused-ring (bicyclic) bond motifs is 1. The topological polar surface area (TPSA) is 76.1 Å². The number of hydrogen-bond donors (Lipinski definition) is 2. The van der Waals surface area contributed by atoms with E-state index in [-0.39, 0.29) is 23.6 Å². The summed E-state index contributed by atoms with van der Waals surface area (Å²) in [6.07, 6.45) is 0. The average molecular weight is 343 g/mol. The molecule has 0 bridgehead atoms. The molecule has 2 rings (SSSR count). The molecule has 2 aromatic rings. The fraction of sp³-hybridized carbons (Fsp3) is 0.357. The van der Waals surface area contributed by atoms with Crippen LogP contribution in [-0.4, -0.2) is 42.1 Å². The van der Waals surface area contributed by atoms with E-state index in [0.29, 0.717) is 17.1 Å². The van der Waals surface area contributed by atoms with Gasteiger partial charge in [0.2, 0.25) is 0 Å². The van der Waals surface area contributed by atoms with Gasteiger partial charge in [0.15, 0.2) is 5.69 Å². The lowest BCUT2D eigenvalue weighted by Gasteiger charge is -2.15. The van der Waals surface area contributed by atoms with Crippen molar-refractivity contribution >= 4 is 41.2 Å². The second-order valence-electron chi connectivity index (χ2n) is 4.16. The van der Waals surface area contributed by atoms with Gasteiger partial charge in [0.25, 0.3) is 0 Å². The molecule has 120 valence electrons. The van der Waals surface area contributed by atoms with Crippen molar-refractivity contribution in [1.82, 2.24) is 20.6 Å². The standard InChI is InChI=1S/C14H18N4O2S.ClH/c1-4-20-13(19)11-12(21-14(15-2)16-3)18-10-8-6-5-7-9(10)17-11;/h5-8,14-16H,4H2,1-3H3;1H. The van der Waals surface area contributed by atoms with Crippen LogP contribution in [0.4, 0.5) is 0 Å². The zero-order valence-electron chi connectivity index (χ0n) is 12.6. The molecule has 1 aromatic heterocycles. The van der Waals surface area contributed by atoms with Crippen LogP contribution in [-0.2, 0) is 4.74 Å². The predicted molar refractivity (Wildman–Crippen MR) is 90.5 cm³/mol. The summed E-state index contributed by atoms with van der Waals surface area (Å²) in [6, 6.07) is 7.45. The maximum absolute atomic E-state index is 12.1. The number of rotatable bonds is 6. The molecule has 0 aliphatic carbocycles. The van der Waals surface area contributed by atoms with Crippen LogP contribution in [0.3, 0.4) is 0 Å². The van der Waals surface area contributed by atoms with Crippen LogP contribution < -0.4 is 10.6 Å². The number of carbonyl (C=O) groups excluding carboxylic acids is 1. The van der Waals surface area contributed by atoms with Crippen molar-refractivity contribution in [3.63, 3.8) is 0 Å². The van der Waals surface area contributed by atoms with E-state index in [0.717, 1.165) is 5.52 Å².